The van der Waals surface area contributed by atoms with Crippen LogP contribution in [0.1, 0.15) is 30.0 Å². The van der Waals surface area contributed by atoms with E-state index < -0.39 is 0 Å². The van der Waals surface area contributed by atoms with E-state index in [4.69, 9.17) is 22.2 Å². The van der Waals surface area contributed by atoms with Gasteiger partial charge in [-0.2, -0.15) is 0 Å². The molecule has 0 saturated heterocycles. The van der Waals surface area contributed by atoms with E-state index in [-0.39, 0.29) is 11.9 Å². The van der Waals surface area contributed by atoms with Crippen LogP contribution in [0.4, 0.5) is 4.39 Å². The van der Waals surface area contributed by atoms with Crippen molar-refractivity contribution in [2.75, 3.05) is 0 Å². The monoisotopic (exact) mass is 306 g/mol. The second-order valence-corrected chi connectivity index (χ2v) is 5.56. The fourth-order valence-corrected chi connectivity index (χ4v) is 2.52. The van der Waals surface area contributed by atoms with Gasteiger partial charge in [-0.1, -0.05) is 29.8 Å². The van der Waals surface area contributed by atoms with Gasteiger partial charge >= 0.3 is 0 Å². The first kappa shape index (κ1) is 14.3. The van der Waals surface area contributed by atoms with Gasteiger partial charge in [0.15, 0.2) is 0 Å². The van der Waals surface area contributed by atoms with Crippen LogP contribution in [-0.2, 0) is 0 Å². The Bertz CT molecular complexity index is 646. The Labute approximate surface area is 127 Å². The molecule has 0 aliphatic heterocycles. The van der Waals surface area contributed by atoms with Gasteiger partial charge in [0.25, 0.3) is 0 Å². The zero-order valence-electron chi connectivity index (χ0n) is 11.4. The second-order valence-electron chi connectivity index (χ2n) is 5.16. The van der Waals surface area contributed by atoms with Crippen LogP contribution in [0.2, 0.25) is 5.02 Å². The Hall–Kier alpha value is -1.62. The first-order valence-corrected chi connectivity index (χ1v) is 7.23. The first-order valence-electron chi connectivity index (χ1n) is 6.85. The Morgan fingerprint density at radius 1 is 1.24 bits per heavy atom. The molecule has 1 aliphatic rings. The van der Waals surface area contributed by atoms with Crippen molar-refractivity contribution in [3.05, 3.63) is 64.4 Å². The summed E-state index contributed by atoms with van der Waals surface area (Å²) in [4.78, 5) is 0. The third kappa shape index (κ3) is 3.35. The standard InChI is InChI=1S/C16H16ClFN2O/c17-15-9-11(18)4-7-14(15)16(20-19)10-2-1-3-13(8-10)21-12-5-6-12/h1-4,7-9,12,16,20H,5-6,19H2. The number of nitrogens with one attached hydrogen (secondary N) is 1. The maximum atomic E-state index is 13.2. The minimum Gasteiger partial charge on any atom is -0.490 e. The van der Waals surface area contributed by atoms with Crippen LogP contribution in [0.3, 0.4) is 0 Å². The molecule has 1 atom stereocenters. The van der Waals surface area contributed by atoms with E-state index in [0.717, 1.165) is 29.7 Å². The summed E-state index contributed by atoms with van der Waals surface area (Å²) in [6.07, 6.45) is 2.54. The highest BCUT2D eigenvalue weighted by Crippen LogP contribution is 2.32. The van der Waals surface area contributed by atoms with Crippen molar-refractivity contribution in [2.24, 2.45) is 5.84 Å². The second kappa shape index (κ2) is 6.02. The van der Waals surface area contributed by atoms with Gasteiger partial charge < -0.3 is 4.74 Å². The summed E-state index contributed by atoms with van der Waals surface area (Å²) in [6, 6.07) is 11.7. The summed E-state index contributed by atoms with van der Waals surface area (Å²) in [6.45, 7) is 0. The number of benzene rings is 2. The number of hydrogen-bond donors (Lipinski definition) is 2. The lowest BCUT2D eigenvalue weighted by Gasteiger charge is -2.19. The zero-order chi connectivity index (χ0) is 14.8. The molecular weight excluding hydrogens is 291 g/mol. The summed E-state index contributed by atoms with van der Waals surface area (Å²) in [5, 5.41) is 0.339. The molecule has 1 aliphatic carbocycles. The number of nitrogens with two attached hydrogens (primary N) is 1. The van der Waals surface area contributed by atoms with Crippen molar-refractivity contribution in [3.63, 3.8) is 0 Å². The third-order valence-corrected chi connectivity index (χ3v) is 3.79. The van der Waals surface area contributed by atoms with Gasteiger partial charge in [-0.05, 0) is 48.2 Å². The smallest absolute Gasteiger partial charge is 0.124 e. The van der Waals surface area contributed by atoms with E-state index in [9.17, 15) is 4.39 Å². The fourth-order valence-electron chi connectivity index (χ4n) is 2.25. The minimum absolute atomic E-state index is 0.319. The highest BCUT2D eigenvalue weighted by molar-refractivity contribution is 6.31. The summed E-state index contributed by atoms with van der Waals surface area (Å²) in [5.74, 6) is 6.11. The van der Waals surface area contributed by atoms with E-state index in [1.165, 1.54) is 12.1 Å². The third-order valence-electron chi connectivity index (χ3n) is 3.46. The maximum Gasteiger partial charge on any atom is 0.124 e. The predicted octanol–water partition coefficient (Wildman–Crippen LogP) is 3.57. The van der Waals surface area contributed by atoms with Crippen LogP contribution >= 0.6 is 11.6 Å². The van der Waals surface area contributed by atoms with Crippen LogP contribution in [0, 0.1) is 5.82 Å². The van der Waals surface area contributed by atoms with Gasteiger partial charge in [-0.15, -0.1) is 0 Å². The average molecular weight is 307 g/mol. The van der Waals surface area contributed by atoms with E-state index in [1.807, 2.05) is 24.3 Å². The molecule has 1 saturated carbocycles. The molecule has 3 rings (SSSR count). The summed E-state index contributed by atoms with van der Waals surface area (Å²) in [7, 11) is 0. The van der Waals surface area contributed by atoms with Crippen molar-refractivity contribution in [3.8, 4) is 5.75 Å². The van der Waals surface area contributed by atoms with Crippen LogP contribution < -0.4 is 16.0 Å². The van der Waals surface area contributed by atoms with Crippen molar-refractivity contribution < 1.29 is 9.13 Å². The van der Waals surface area contributed by atoms with Crippen molar-refractivity contribution in [1.29, 1.82) is 0 Å². The quantitative estimate of drug-likeness (QED) is 0.656. The minimum atomic E-state index is -0.370. The SMILES string of the molecule is NNC(c1cccc(OC2CC2)c1)c1ccc(F)cc1Cl. The fraction of sp³-hybridized carbons (Fsp3) is 0.250. The van der Waals surface area contributed by atoms with Crippen molar-refractivity contribution in [2.45, 2.75) is 25.0 Å². The number of halogens is 2. The Morgan fingerprint density at radius 3 is 2.71 bits per heavy atom. The Kier molecular flexibility index (Phi) is 4.10. The number of hydrogen-bond acceptors (Lipinski definition) is 3. The lowest BCUT2D eigenvalue weighted by atomic mass is 9.99. The summed E-state index contributed by atoms with van der Waals surface area (Å²) in [5.41, 5.74) is 4.38. The van der Waals surface area contributed by atoms with Crippen molar-refractivity contribution >= 4 is 11.6 Å². The number of hydrazine groups is 1. The molecule has 0 heterocycles. The molecule has 1 fully saturated rings. The molecule has 2 aromatic rings. The molecule has 0 spiro atoms. The molecule has 0 aromatic heterocycles. The van der Waals surface area contributed by atoms with Gasteiger partial charge in [-0.25, -0.2) is 9.82 Å². The molecule has 21 heavy (non-hydrogen) atoms. The molecule has 0 amide bonds. The van der Waals surface area contributed by atoms with Crippen LogP contribution in [0.5, 0.6) is 5.75 Å². The molecular formula is C16H16ClFN2O. The lowest BCUT2D eigenvalue weighted by molar-refractivity contribution is 0.302. The van der Waals surface area contributed by atoms with Gasteiger partial charge in [0.2, 0.25) is 0 Å². The molecule has 5 heteroatoms. The van der Waals surface area contributed by atoms with Crippen molar-refractivity contribution in [1.82, 2.24) is 5.43 Å². The van der Waals surface area contributed by atoms with Crippen LogP contribution in [0.25, 0.3) is 0 Å². The normalized spacial score (nSPS) is 15.8. The molecule has 110 valence electrons. The number of ether oxygens (including phenoxy) is 1. The highest BCUT2D eigenvalue weighted by atomic mass is 35.5. The summed E-state index contributed by atoms with van der Waals surface area (Å²) >= 11 is 6.12. The molecule has 3 N–H and O–H groups in total. The molecule has 1 unspecified atom stereocenters. The topological polar surface area (TPSA) is 47.3 Å². The Morgan fingerprint density at radius 2 is 2.05 bits per heavy atom. The van der Waals surface area contributed by atoms with E-state index in [2.05, 4.69) is 5.43 Å². The van der Waals surface area contributed by atoms with Gasteiger partial charge in [-0.3, -0.25) is 5.84 Å². The van der Waals surface area contributed by atoms with E-state index in [1.54, 1.807) is 6.07 Å². The van der Waals surface area contributed by atoms with E-state index in [0.29, 0.717) is 11.1 Å². The van der Waals surface area contributed by atoms with Gasteiger partial charge in [0, 0.05) is 5.02 Å². The predicted molar refractivity (Wildman–Crippen MR) is 80.7 cm³/mol. The molecule has 0 radical (unpaired) electrons. The lowest BCUT2D eigenvalue weighted by Crippen LogP contribution is -2.29. The largest absolute Gasteiger partial charge is 0.490 e. The maximum absolute atomic E-state index is 13.2. The van der Waals surface area contributed by atoms with Crippen LogP contribution in [0.15, 0.2) is 42.5 Å². The first-order chi connectivity index (χ1) is 10.2. The highest BCUT2D eigenvalue weighted by Gasteiger charge is 2.24. The average Bonchev–Trinajstić information content (AvgIpc) is 3.26. The molecule has 0 bridgehead atoms. The van der Waals surface area contributed by atoms with Crippen LogP contribution in [-0.4, -0.2) is 6.10 Å². The number of rotatable bonds is 5. The Balaban J connectivity index is 1.91. The molecule has 2 aromatic carbocycles. The summed E-state index contributed by atoms with van der Waals surface area (Å²) < 4.78 is 19.0. The van der Waals surface area contributed by atoms with E-state index >= 15 is 0 Å². The zero-order valence-corrected chi connectivity index (χ0v) is 12.1. The van der Waals surface area contributed by atoms with Gasteiger partial charge in [0.1, 0.15) is 11.6 Å². The molecule has 3 nitrogen and oxygen atoms in total. The van der Waals surface area contributed by atoms with Gasteiger partial charge in [0.05, 0.1) is 12.1 Å².